The Morgan fingerprint density at radius 3 is 2.68 bits per heavy atom. The number of alkyl halides is 3. The second-order valence-electron chi connectivity index (χ2n) is 5.17. The number of nitrogens with two attached hydrogens (primary N) is 1. The molecule has 0 spiro atoms. The number of fused-ring (bicyclic) bond motifs is 3. The third-order valence-corrected chi connectivity index (χ3v) is 5.09. The number of rotatable bonds is 0. The standard InChI is InChI=1S/C13H12F3N3O2S/c1-6-9-5-18(11(17)20)12(21)19(9)8-4-7(13(14,15)16)2-3-10(8)22-6/h2-4,6,9H,5H2,1H3,(H2,17,20). The first-order valence-corrected chi connectivity index (χ1v) is 7.36. The molecule has 0 bridgehead atoms. The van der Waals surface area contributed by atoms with Gasteiger partial charge in [0.15, 0.2) is 0 Å². The first-order chi connectivity index (χ1) is 10.2. The van der Waals surface area contributed by atoms with Gasteiger partial charge in [-0.25, -0.2) is 14.5 Å². The van der Waals surface area contributed by atoms with Crippen LogP contribution in [0.4, 0.5) is 28.4 Å². The smallest absolute Gasteiger partial charge is 0.351 e. The van der Waals surface area contributed by atoms with Crippen LogP contribution in [0.3, 0.4) is 0 Å². The normalized spacial score (nSPS) is 24.3. The first-order valence-electron chi connectivity index (χ1n) is 6.48. The summed E-state index contributed by atoms with van der Waals surface area (Å²) in [6, 6.07) is 1.33. The van der Waals surface area contributed by atoms with Gasteiger partial charge in [0.25, 0.3) is 0 Å². The lowest BCUT2D eigenvalue weighted by atomic mass is 10.1. The van der Waals surface area contributed by atoms with Crippen molar-refractivity contribution in [1.29, 1.82) is 0 Å². The minimum Gasteiger partial charge on any atom is -0.351 e. The fourth-order valence-corrected chi connectivity index (χ4v) is 3.89. The van der Waals surface area contributed by atoms with Crippen molar-refractivity contribution in [3.05, 3.63) is 23.8 Å². The van der Waals surface area contributed by atoms with Crippen LogP contribution in [0.5, 0.6) is 0 Å². The number of benzene rings is 1. The zero-order valence-corrected chi connectivity index (χ0v) is 12.2. The molecule has 0 radical (unpaired) electrons. The molecule has 2 heterocycles. The number of amides is 4. The molecule has 2 N–H and O–H groups in total. The largest absolute Gasteiger partial charge is 0.416 e. The number of primary amides is 1. The van der Waals surface area contributed by atoms with Crippen LogP contribution in [-0.4, -0.2) is 34.8 Å². The third-order valence-electron chi connectivity index (χ3n) is 3.80. The van der Waals surface area contributed by atoms with E-state index in [9.17, 15) is 22.8 Å². The summed E-state index contributed by atoms with van der Waals surface area (Å²) >= 11 is 1.38. The number of hydrogen-bond donors (Lipinski definition) is 1. The van der Waals surface area contributed by atoms with Gasteiger partial charge in [0.1, 0.15) is 0 Å². The summed E-state index contributed by atoms with van der Waals surface area (Å²) in [6.07, 6.45) is -4.50. The monoisotopic (exact) mass is 331 g/mol. The van der Waals surface area contributed by atoms with Gasteiger partial charge in [-0.1, -0.05) is 6.92 Å². The molecule has 2 atom stereocenters. The van der Waals surface area contributed by atoms with E-state index in [1.807, 2.05) is 6.92 Å². The Morgan fingerprint density at radius 2 is 2.09 bits per heavy atom. The van der Waals surface area contributed by atoms with E-state index in [0.29, 0.717) is 4.90 Å². The second kappa shape index (κ2) is 4.80. The van der Waals surface area contributed by atoms with Crippen molar-refractivity contribution >= 4 is 29.5 Å². The average Bonchev–Trinajstić information content (AvgIpc) is 2.76. The molecule has 118 valence electrons. The van der Waals surface area contributed by atoms with Gasteiger partial charge in [-0.2, -0.15) is 13.2 Å². The van der Waals surface area contributed by atoms with Gasteiger partial charge >= 0.3 is 18.2 Å². The first kappa shape index (κ1) is 15.0. The molecule has 1 saturated heterocycles. The Bertz CT molecular complexity index is 664. The minimum absolute atomic E-state index is 0.0578. The average molecular weight is 331 g/mol. The molecule has 4 amide bonds. The summed E-state index contributed by atoms with van der Waals surface area (Å²) in [4.78, 5) is 26.3. The maximum atomic E-state index is 12.9. The lowest BCUT2D eigenvalue weighted by Crippen LogP contribution is -2.43. The summed E-state index contributed by atoms with van der Waals surface area (Å²) < 4.78 is 38.7. The highest BCUT2D eigenvalue weighted by Gasteiger charge is 2.47. The number of halogens is 3. The molecule has 0 aromatic heterocycles. The van der Waals surface area contributed by atoms with Crippen LogP contribution < -0.4 is 10.6 Å². The van der Waals surface area contributed by atoms with E-state index in [4.69, 9.17) is 5.73 Å². The molecule has 5 nitrogen and oxygen atoms in total. The topological polar surface area (TPSA) is 66.6 Å². The van der Waals surface area contributed by atoms with Crippen LogP contribution in [0.2, 0.25) is 0 Å². The van der Waals surface area contributed by atoms with E-state index in [2.05, 4.69) is 0 Å². The predicted molar refractivity (Wildman–Crippen MR) is 74.7 cm³/mol. The van der Waals surface area contributed by atoms with E-state index in [1.54, 1.807) is 0 Å². The van der Waals surface area contributed by atoms with Gasteiger partial charge < -0.3 is 5.73 Å². The van der Waals surface area contributed by atoms with Crippen LogP contribution in [0, 0.1) is 0 Å². The Labute approximate surface area is 128 Å². The Morgan fingerprint density at radius 1 is 1.41 bits per heavy atom. The zero-order chi connectivity index (χ0) is 16.2. The van der Waals surface area contributed by atoms with Gasteiger partial charge in [-0.3, -0.25) is 4.90 Å². The summed E-state index contributed by atoms with van der Waals surface area (Å²) in [6.45, 7) is 1.94. The molecule has 2 aliphatic heterocycles. The highest BCUT2D eigenvalue weighted by molar-refractivity contribution is 8.00. The van der Waals surface area contributed by atoms with Crippen molar-refractivity contribution in [3.8, 4) is 0 Å². The number of imide groups is 1. The number of thioether (sulfide) groups is 1. The maximum absolute atomic E-state index is 12.9. The molecule has 9 heteroatoms. The summed E-state index contributed by atoms with van der Waals surface area (Å²) in [5.41, 5.74) is 4.51. The lowest BCUT2D eigenvalue weighted by molar-refractivity contribution is -0.137. The summed E-state index contributed by atoms with van der Waals surface area (Å²) in [5, 5.41) is -0.0578. The van der Waals surface area contributed by atoms with Gasteiger partial charge in [0.2, 0.25) is 0 Å². The highest BCUT2D eigenvalue weighted by Crippen LogP contribution is 2.46. The second-order valence-corrected chi connectivity index (χ2v) is 6.59. The third kappa shape index (κ3) is 2.20. The number of nitrogens with zero attached hydrogens (tertiary/aromatic N) is 2. The summed E-state index contributed by atoms with van der Waals surface area (Å²) in [5.74, 6) is 0. The van der Waals surface area contributed by atoms with Crippen molar-refractivity contribution in [3.63, 3.8) is 0 Å². The Hall–Kier alpha value is -1.90. The van der Waals surface area contributed by atoms with E-state index < -0.39 is 23.8 Å². The fourth-order valence-electron chi connectivity index (χ4n) is 2.70. The number of carbonyl (C=O) groups is 2. The highest BCUT2D eigenvalue weighted by atomic mass is 32.2. The van der Waals surface area contributed by atoms with Crippen LogP contribution in [-0.2, 0) is 6.18 Å². The lowest BCUT2D eigenvalue weighted by Gasteiger charge is -2.34. The Balaban J connectivity index is 2.09. The van der Waals surface area contributed by atoms with E-state index >= 15 is 0 Å². The van der Waals surface area contributed by atoms with E-state index in [-0.39, 0.29) is 23.5 Å². The zero-order valence-electron chi connectivity index (χ0n) is 11.4. The van der Waals surface area contributed by atoms with Gasteiger partial charge in [0, 0.05) is 10.1 Å². The van der Waals surface area contributed by atoms with Crippen molar-refractivity contribution in [1.82, 2.24) is 4.90 Å². The molecule has 0 aliphatic carbocycles. The quantitative estimate of drug-likeness (QED) is 0.795. The van der Waals surface area contributed by atoms with Crippen LogP contribution in [0.25, 0.3) is 0 Å². The van der Waals surface area contributed by atoms with Gasteiger partial charge in [-0.15, -0.1) is 11.8 Å². The molecule has 0 saturated carbocycles. The van der Waals surface area contributed by atoms with Crippen molar-refractivity contribution in [2.75, 3.05) is 11.4 Å². The van der Waals surface area contributed by atoms with Gasteiger partial charge in [0.05, 0.1) is 23.8 Å². The maximum Gasteiger partial charge on any atom is 0.416 e. The molecule has 2 aliphatic rings. The number of anilines is 1. The van der Waals surface area contributed by atoms with Gasteiger partial charge in [-0.05, 0) is 18.2 Å². The Kier molecular flexibility index (Phi) is 3.28. The van der Waals surface area contributed by atoms with E-state index in [0.717, 1.165) is 17.0 Å². The number of hydrogen-bond acceptors (Lipinski definition) is 3. The SMILES string of the molecule is CC1Sc2ccc(C(F)(F)F)cc2N2C(=O)N(C(N)=O)CC12. The minimum atomic E-state index is -4.50. The molecular weight excluding hydrogens is 319 g/mol. The number of urea groups is 2. The molecule has 1 fully saturated rings. The molecule has 2 unspecified atom stereocenters. The number of carbonyl (C=O) groups excluding carboxylic acids is 2. The summed E-state index contributed by atoms with van der Waals surface area (Å²) in [7, 11) is 0. The molecule has 3 rings (SSSR count). The van der Waals surface area contributed by atoms with E-state index in [1.165, 1.54) is 22.7 Å². The van der Waals surface area contributed by atoms with Crippen molar-refractivity contribution in [2.24, 2.45) is 5.73 Å². The van der Waals surface area contributed by atoms with Crippen LogP contribution in [0.15, 0.2) is 23.1 Å². The molecular formula is C13H12F3N3O2S. The predicted octanol–water partition coefficient (Wildman–Crippen LogP) is 2.89. The van der Waals surface area contributed by atoms with Crippen LogP contribution in [0.1, 0.15) is 12.5 Å². The molecule has 1 aromatic rings. The fraction of sp³-hybridized carbons (Fsp3) is 0.385. The molecule has 22 heavy (non-hydrogen) atoms. The van der Waals surface area contributed by atoms with Crippen molar-refractivity contribution < 1.29 is 22.8 Å². The molecule has 1 aromatic carbocycles. The van der Waals surface area contributed by atoms with Crippen LogP contribution >= 0.6 is 11.8 Å². The van der Waals surface area contributed by atoms with Crippen molar-refractivity contribution in [2.45, 2.75) is 29.3 Å².